The van der Waals surface area contributed by atoms with E-state index in [9.17, 15) is 4.79 Å². The number of methoxy groups -OCH3 is 1. The topological polar surface area (TPSA) is 55.3 Å². The highest BCUT2D eigenvalue weighted by atomic mass is 16.5. The van der Waals surface area contributed by atoms with Crippen molar-refractivity contribution in [2.24, 2.45) is 0 Å². The van der Waals surface area contributed by atoms with Crippen molar-refractivity contribution in [1.82, 2.24) is 9.97 Å². The largest absolute Gasteiger partial charge is 0.469 e. The Balaban J connectivity index is 1.92. The second-order valence-corrected chi connectivity index (χ2v) is 4.19. The minimum atomic E-state index is -0.249. The van der Waals surface area contributed by atoms with Gasteiger partial charge in [-0.15, -0.1) is 0 Å². The highest BCUT2D eigenvalue weighted by molar-refractivity contribution is 5.72. The standard InChI is InChI=1S/C13H17N3O2/c1-18-12(17)6-4-5-11-9-14-13(15-10-11)16-7-2-3-8-16/h4-5,9-10H,2-3,6-8H2,1H3. The average Bonchev–Trinajstić information content (AvgIpc) is 2.93. The number of carbonyl (C=O) groups is 1. The molecule has 0 aromatic carbocycles. The molecule has 0 spiro atoms. The van der Waals surface area contributed by atoms with Gasteiger partial charge in [0.1, 0.15) is 0 Å². The quantitative estimate of drug-likeness (QED) is 0.757. The van der Waals surface area contributed by atoms with E-state index in [-0.39, 0.29) is 12.4 Å². The molecule has 0 saturated carbocycles. The van der Waals surface area contributed by atoms with Gasteiger partial charge in [0.2, 0.25) is 5.95 Å². The summed E-state index contributed by atoms with van der Waals surface area (Å²) in [7, 11) is 1.38. The lowest BCUT2D eigenvalue weighted by molar-refractivity contribution is -0.139. The van der Waals surface area contributed by atoms with Crippen LogP contribution in [0.15, 0.2) is 18.5 Å². The van der Waals surface area contributed by atoms with E-state index >= 15 is 0 Å². The second kappa shape index (κ2) is 6.14. The average molecular weight is 247 g/mol. The highest BCUT2D eigenvalue weighted by Crippen LogP contribution is 2.15. The number of anilines is 1. The Kier molecular flexibility index (Phi) is 4.28. The van der Waals surface area contributed by atoms with Crippen LogP contribution in [0.4, 0.5) is 5.95 Å². The fourth-order valence-corrected chi connectivity index (χ4v) is 1.87. The summed E-state index contributed by atoms with van der Waals surface area (Å²) in [5.74, 6) is 0.540. The van der Waals surface area contributed by atoms with E-state index in [1.54, 1.807) is 18.5 Å². The van der Waals surface area contributed by atoms with E-state index < -0.39 is 0 Å². The highest BCUT2D eigenvalue weighted by Gasteiger charge is 2.13. The van der Waals surface area contributed by atoms with Crippen molar-refractivity contribution in [2.75, 3.05) is 25.1 Å². The van der Waals surface area contributed by atoms with Gasteiger partial charge in [-0.05, 0) is 12.8 Å². The molecule has 1 saturated heterocycles. The summed E-state index contributed by atoms with van der Waals surface area (Å²) in [6, 6.07) is 0. The lowest BCUT2D eigenvalue weighted by atomic mass is 10.3. The van der Waals surface area contributed by atoms with E-state index in [4.69, 9.17) is 0 Å². The van der Waals surface area contributed by atoms with Crippen molar-refractivity contribution >= 4 is 18.0 Å². The Morgan fingerprint density at radius 1 is 1.39 bits per heavy atom. The van der Waals surface area contributed by atoms with Crippen LogP contribution in [-0.2, 0) is 9.53 Å². The Morgan fingerprint density at radius 2 is 2.06 bits per heavy atom. The fourth-order valence-electron chi connectivity index (χ4n) is 1.87. The second-order valence-electron chi connectivity index (χ2n) is 4.19. The first-order valence-electron chi connectivity index (χ1n) is 6.10. The van der Waals surface area contributed by atoms with E-state index in [2.05, 4.69) is 19.6 Å². The fraction of sp³-hybridized carbons (Fsp3) is 0.462. The molecule has 96 valence electrons. The third-order valence-electron chi connectivity index (χ3n) is 2.87. The summed E-state index contributed by atoms with van der Waals surface area (Å²) in [6.45, 7) is 2.08. The minimum Gasteiger partial charge on any atom is -0.469 e. The number of aromatic nitrogens is 2. The first-order valence-corrected chi connectivity index (χ1v) is 6.10. The molecule has 1 aliphatic rings. The number of ether oxygens (including phenoxy) is 1. The molecule has 1 aliphatic heterocycles. The van der Waals surface area contributed by atoms with Gasteiger partial charge in [0.25, 0.3) is 0 Å². The van der Waals surface area contributed by atoms with Gasteiger partial charge < -0.3 is 9.64 Å². The van der Waals surface area contributed by atoms with Crippen LogP contribution in [0.3, 0.4) is 0 Å². The van der Waals surface area contributed by atoms with Crippen LogP contribution in [0.1, 0.15) is 24.8 Å². The molecule has 0 bridgehead atoms. The molecule has 0 amide bonds. The Morgan fingerprint density at radius 3 is 2.67 bits per heavy atom. The van der Waals surface area contributed by atoms with Crippen molar-refractivity contribution in [1.29, 1.82) is 0 Å². The number of esters is 1. The molecular formula is C13H17N3O2. The molecule has 2 rings (SSSR count). The van der Waals surface area contributed by atoms with Crippen molar-refractivity contribution < 1.29 is 9.53 Å². The van der Waals surface area contributed by atoms with Crippen LogP contribution in [0, 0.1) is 0 Å². The molecule has 2 heterocycles. The monoisotopic (exact) mass is 247 g/mol. The van der Waals surface area contributed by atoms with E-state index in [0.717, 1.165) is 24.6 Å². The molecule has 5 nitrogen and oxygen atoms in total. The molecule has 0 unspecified atom stereocenters. The van der Waals surface area contributed by atoms with Gasteiger partial charge in [0, 0.05) is 31.0 Å². The van der Waals surface area contributed by atoms with Gasteiger partial charge in [-0.1, -0.05) is 12.2 Å². The summed E-state index contributed by atoms with van der Waals surface area (Å²) in [5.41, 5.74) is 0.891. The molecule has 1 aromatic rings. The van der Waals surface area contributed by atoms with Crippen LogP contribution < -0.4 is 4.90 Å². The third kappa shape index (κ3) is 3.29. The van der Waals surface area contributed by atoms with Crippen molar-refractivity contribution in [3.05, 3.63) is 24.0 Å². The Hall–Kier alpha value is -1.91. The van der Waals surface area contributed by atoms with Gasteiger partial charge >= 0.3 is 5.97 Å². The number of carbonyl (C=O) groups excluding carboxylic acids is 1. The molecule has 0 aliphatic carbocycles. The molecule has 0 N–H and O–H groups in total. The summed E-state index contributed by atoms with van der Waals surface area (Å²) >= 11 is 0. The molecule has 1 fully saturated rings. The van der Waals surface area contributed by atoms with Gasteiger partial charge in [-0.3, -0.25) is 4.79 Å². The molecule has 1 aromatic heterocycles. The molecule has 18 heavy (non-hydrogen) atoms. The Bertz CT molecular complexity index is 422. The van der Waals surface area contributed by atoms with Crippen LogP contribution in [0.25, 0.3) is 6.08 Å². The van der Waals surface area contributed by atoms with Crippen LogP contribution in [-0.4, -0.2) is 36.1 Å². The smallest absolute Gasteiger partial charge is 0.309 e. The van der Waals surface area contributed by atoms with Gasteiger partial charge in [-0.25, -0.2) is 9.97 Å². The first kappa shape index (κ1) is 12.5. The lowest BCUT2D eigenvalue weighted by Gasteiger charge is -2.14. The summed E-state index contributed by atoms with van der Waals surface area (Å²) < 4.78 is 4.55. The maximum absolute atomic E-state index is 10.9. The zero-order valence-corrected chi connectivity index (χ0v) is 10.5. The zero-order valence-electron chi connectivity index (χ0n) is 10.5. The third-order valence-corrected chi connectivity index (χ3v) is 2.87. The molecule has 0 atom stereocenters. The van der Waals surface area contributed by atoms with E-state index in [1.165, 1.54) is 20.0 Å². The normalized spacial score (nSPS) is 15.3. The maximum Gasteiger partial charge on any atom is 0.309 e. The summed E-state index contributed by atoms with van der Waals surface area (Å²) in [4.78, 5) is 21.8. The van der Waals surface area contributed by atoms with Crippen molar-refractivity contribution in [2.45, 2.75) is 19.3 Å². The molecule has 5 heteroatoms. The summed E-state index contributed by atoms with van der Waals surface area (Å²) in [5, 5.41) is 0. The lowest BCUT2D eigenvalue weighted by Crippen LogP contribution is -2.20. The summed E-state index contributed by atoms with van der Waals surface area (Å²) in [6.07, 6.45) is 9.81. The van der Waals surface area contributed by atoms with Crippen LogP contribution >= 0.6 is 0 Å². The van der Waals surface area contributed by atoms with Crippen molar-refractivity contribution in [3.63, 3.8) is 0 Å². The van der Waals surface area contributed by atoms with Crippen molar-refractivity contribution in [3.8, 4) is 0 Å². The number of rotatable bonds is 4. The van der Waals surface area contributed by atoms with Crippen LogP contribution in [0.5, 0.6) is 0 Å². The molecular weight excluding hydrogens is 230 g/mol. The molecule has 0 radical (unpaired) electrons. The van der Waals surface area contributed by atoms with Gasteiger partial charge in [-0.2, -0.15) is 0 Å². The number of hydrogen-bond donors (Lipinski definition) is 0. The predicted molar refractivity (Wildman–Crippen MR) is 69.1 cm³/mol. The van der Waals surface area contributed by atoms with E-state index in [0.29, 0.717) is 0 Å². The number of hydrogen-bond acceptors (Lipinski definition) is 5. The van der Waals surface area contributed by atoms with Gasteiger partial charge in [0.15, 0.2) is 0 Å². The minimum absolute atomic E-state index is 0.249. The van der Waals surface area contributed by atoms with Crippen LogP contribution in [0.2, 0.25) is 0 Å². The predicted octanol–water partition coefficient (Wildman–Crippen LogP) is 1.65. The van der Waals surface area contributed by atoms with E-state index in [1.807, 2.05) is 6.08 Å². The first-order chi connectivity index (χ1) is 8.79. The SMILES string of the molecule is COC(=O)CC=Cc1cnc(N2CCCC2)nc1. The Labute approximate surface area is 106 Å². The van der Waals surface area contributed by atoms with Gasteiger partial charge in [0.05, 0.1) is 13.5 Å². The zero-order chi connectivity index (χ0) is 12.8. The number of nitrogens with zero attached hydrogens (tertiary/aromatic N) is 3. The maximum atomic E-state index is 10.9.